The summed E-state index contributed by atoms with van der Waals surface area (Å²) >= 11 is 6.09. The van der Waals surface area contributed by atoms with Crippen LogP contribution in [-0.4, -0.2) is 6.04 Å². The van der Waals surface area contributed by atoms with Gasteiger partial charge in [0.2, 0.25) is 0 Å². The van der Waals surface area contributed by atoms with Crippen molar-refractivity contribution in [2.45, 2.75) is 31.2 Å². The van der Waals surface area contributed by atoms with Crippen LogP contribution >= 0.6 is 11.6 Å². The van der Waals surface area contributed by atoms with Gasteiger partial charge in [0.25, 0.3) is 0 Å². The molecule has 0 spiro atoms. The molecule has 3 N–H and O–H groups in total. The van der Waals surface area contributed by atoms with E-state index in [9.17, 15) is 4.39 Å². The van der Waals surface area contributed by atoms with Crippen molar-refractivity contribution >= 4 is 11.6 Å². The van der Waals surface area contributed by atoms with Crippen LogP contribution in [0.25, 0.3) is 0 Å². The van der Waals surface area contributed by atoms with Gasteiger partial charge in [0.15, 0.2) is 0 Å². The Morgan fingerprint density at radius 2 is 2.05 bits per heavy atom. The molecule has 0 radical (unpaired) electrons. The van der Waals surface area contributed by atoms with E-state index in [2.05, 4.69) is 29.7 Å². The first-order valence-corrected chi connectivity index (χ1v) is 7.53. The van der Waals surface area contributed by atoms with E-state index in [-0.39, 0.29) is 11.9 Å². The van der Waals surface area contributed by atoms with Gasteiger partial charge in [0.1, 0.15) is 5.82 Å². The number of hydrogen-bond acceptors (Lipinski definition) is 2. The third-order valence-electron chi connectivity index (χ3n) is 4.28. The molecule has 0 aliphatic heterocycles. The highest BCUT2D eigenvalue weighted by molar-refractivity contribution is 6.31. The van der Waals surface area contributed by atoms with Crippen molar-refractivity contribution < 1.29 is 4.39 Å². The number of halogens is 2. The van der Waals surface area contributed by atoms with Gasteiger partial charge < -0.3 is 0 Å². The average Bonchev–Trinajstić information content (AvgIpc) is 2.46. The Bertz CT molecular complexity index is 624. The summed E-state index contributed by atoms with van der Waals surface area (Å²) in [6.07, 6.45) is 2.46. The normalized spacial score (nSPS) is 18.0. The smallest absolute Gasteiger partial charge is 0.127 e. The molecule has 1 aliphatic carbocycles. The van der Waals surface area contributed by atoms with Crippen LogP contribution in [0.1, 0.15) is 29.0 Å². The van der Waals surface area contributed by atoms with E-state index < -0.39 is 0 Å². The third-order valence-corrected chi connectivity index (χ3v) is 4.63. The SMILES string of the molecule is NNC(Cc1c(F)cccc1Cl)CC1Cc2ccccc21. The van der Waals surface area contributed by atoms with E-state index in [1.807, 2.05) is 0 Å². The molecule has 0 saturated heterocycles. The van der Waals surface area contributed by atoms with Gasteiger partial charge in [-0.1, -0.05) is 41.9 Å². The number of benzene rings is 2. The minimum atomic E-state index is -0.267. The van der Waals surface area contributed by atoms with Crippen molar-refractivity contribution in [3.63, 3.8) is 0 Å². The first-order valence-electron chi connectivity index (χ1n) is 7.16. The molecule has 0 amide bonds. The lowest BCUT2D eigenvalue weighted by molar-refractivity contribution is 0.417. The van der Waals surface area contributed by atoms with Crippen LogP contribution in [0.4, 0.5) is 4.39 Å². The molecule has 2 aromatic carbocycles. The van der Waals surface area contributed by atoms with Crippen molar-refractivity contribution in [2.75, 3.05) is 0 Å². The molecule has 2 aromatic rings. The molecule has 0 heterocycles. The highest BCUT2D eigenvalue weighted by atomic mass is 35.5. The van der Waals surface area contributed by atoms with Crippen LogP contribution in [-0.2, 0) is 12.8 Å². The average molecular weight is 305 g/mol. The Morgan fingerprint density at radius 1 is 1.24 bits per heavy atom. The molecule has 2 nitrogen and oxygen atoms in total. The maximum atomic E-state index is 13.9. The fraction of sp³-hybridized carbons (Fsp3) is 0.294. The lowest BCUT2D eigenvalue weighted by atomic mass is 9.74. The first-order chi connectivity index (χ1) is 10.2. The minimum Gasteiger partial charge on any atom is -0.271 e. The predicted octanol–water partition coefficient (Wildman–Crippen LogP) is 3.58. The predicted molar refractivity (Wildman–Crippen MR) is 83.7 cm³/mol. The van der Waals surface area contributed by atoms with E-state index in [1.54, 1.807) is 12.1 Å². The van der Waals surface area contributed by atoms with Gasteiger partial charge in [-0.05, 0) is 48.4 Å². The van der Waals surface area contributed by atoms with E-state index in [1.165, 1.54) is 17.2 Å². The molecular weight excluding hydrogens is 287 g/mol. The van der Waals surface area contributed by atoms with E-state index in [4.69, 9.17) is 17.4 Å². The fourth-order valence-corrected chi connectivity index (χ4v) is 3.34. The maximum Gasteiger partial charge on any atom is 0.127 e. The summed E-state index contributed by atoms with van der Waals surface area (Å²) < 4.78 is 13.9. The summed E-state index contributed by atoms with van der Waals surface area (Å²) in [7, 11) is 0. The third kappa shape index (κ3) is 2.95. The van der Waals surface area contributed by atoms with Crippen LogP contribution in [0.3, 0.4) is 0 Å². The summed E-state index contributed by atoms with van der Waals surface area (Å²) in [5.74, 6) is 5.88. The fourth-order valence-electron chi connectivity index (χ4n) is 3.10. The Kier molecular flexibility index (Phi) is 4.24. The van der Waals surface area contributed by atoms with Crippen LogP contribution in [0.2, 0.25) is 5.02 Å². The number of nitrogens with one attached hydrogen (secondary N) is 1. The quantitative estimate of drug-likeness (QED) is 0.654. The first kappa shape index (κ1) is 14.5. The van der Waals surface area contributed by atoms with Crippen LogP contribution in [0, 0.1) is 5.82 Å². The van der Waals surface area contributed by atoms with Crippen LogP contribution < -0.4 is 11.3 Å². The molecule has 21 heavy (non-hydrogen) atoms. The highest BCUT2D eigenvalue weighted by Gasteiger charge is 2.28. The van der Waals surface area contributed by atoms with Gasteiger partial charge in [-0.25, -0.2) is 4.39 Å². The molecule has 2 unspecified atom stereocenters. The lowest BCUT2D eigenvalue weighted by Gasteiger charge is -2.33. The molecule has 110 valence electrons. The molecule has 2 atom stereocenters. The second-order valence-corrected chi connectivity index (χ2v) is 6.01. The molecular formula is C17H18ClFN2. The van der Waals surface area contributed by atoms with Gasteiger partial charge >= 0.3 is 0 Å². The summed E-state index contributed by atoms with van der Waals surface area (Å²) in [5.41, 5.74) is 6.14. The zero-order chi connectivity index (χ0) is 14.8. The lowest BCUT2D eigenvalue weighted by Crippen LogP contribution is -2.39. The second kappa shape index (κ2) is 6.14. The van der Waals surface area contributed by atoms with Gasteiger partial charge in [-0.2, -0.15) is 0 Å². The molecule has 3 rings (SSSR count). The number of hydrazine groups is 1. The number of fused-ring (bicyclic) bond motifs is 1. The van der Waals surface area contributed by atoms with Crippen LogP contribution in [0.15, 0.2) is 42.5 Å². The van der Waals surface area contributed by atoms with Gasteiger partial charge in [-0.15, -0.1) is 0 Å². The van der Waals surface area contributed by atoms with Gasteiger partial charge in [-0.3, -0.25) is 11.3 Å². The molecule has 4 heteroatoms. The largest absolute Gasteiger partial charge is 0.271 e. The number of rotatable bonds is 5. The van der Waals surface area contributed by atoms with Crippen molar-refractivity contribution in [3.8, 4) is 0 Å². The summed E-state index contributed by atoms with van der Waals surface area (Å²) in [6.45, 7) is 0. The van der Waals surface area contributed by atoms with Crippen molar-refractivity contribution in [1.82, 2.24) is 5.43 Å². The zero-order valence-electron chi connectivity index (χ0n) is 11.7. The van der Waals surface area contributed by atoms with Crippen molar-refractivity contribution in [2.24, 2.45) is 5.84 Å². The summed E-state index contributed by atoms with van der Waals surface area (Å²) in [5, 5.41) is 0.462. The topological polar surface area (TPSA) is 38.0 Å². The summed E-state index contributed by atoms with van der Waals surface area (Å²) in [6, 6.07) is 13.2. The van der Waals surface area contributed by atoms with Gasteiger partial charge in [0, 0.05) is 16.6 Å². The highest BCUT2D eigenvalue weighted by Crippen LogP contribution is 2.38. The van der Waals surface area contributed by atoms with E-state index in [0.717, 1.165) is 12.8 Å². The molecule has 0 aromatic heterocycles. The Labute approximate surface area is 129 Å². The Morgan fingerprint density at radius 3 is 2.76 bits per heavy atom. The second-order valence-electron chi connectivity index (χ2n) is 5.60. The van der Waals surface area contributed by atoms with Crippen molar-refractivity contribution in [1.29, 1.82) is 0 Å². The zero-order valence-corrected chi connectivity index (χ0v) is 12.4. The standard InChI is InChI=1S/C17H18ClFN2/c18-16-6-3-7-17(19)15(16)10-13(21-20)9-12-8-11-4-1-2-5-14(11)12/h1-7,12-13,21H,8-10,20H2. The number of nitrogens with two attached hydrogens (primary N) is 1. The maximum absolute atomic E-state index is 13.9. The monoisotopic (exact) mass is 304 g/mol. The molecule has 0 fully saturated rings. The molecule has 1 aliphatic rings. The Balaban J connectivity index is 1.70. The summed E-state index contributed by atoms with van der Waals surface area (Å²) in [4.78, 5) is 0. The van der Waals surface area contributed by atoms with Crippen LogP contribution in [0.5, 0.6) is 0 Å². The van der Waals surface area contributed by atoms with E-state index in [0.29, 0.717) is 22.9 Å². The molecule has 0 bridgehead atoms. The minimum absolute atomic E-state index is 0.0118. The molecule has 0 saturated carbocycles. The Hall–Kier alpha value is -1.42. The van der Waals surface area contributed by atoms with Crippen molar-refractivity contribution in [3.05, 3.63) is 70.0 Å². The van der Waals surface area contributed by atoms with E-state index >= 15 is 0 Å². The number of hydrogen-bond donors (Lipinski definition) is 2. The van der Waals surface area contributed by atoms with Gasteiger partial charge in [0.05, 0.1) is 0 Å².